The maximum atomic E-state index is 4.07. The summed E-state index contributed by atoms with van der Waals surface area (Å²) in [6.07, 6.45) is 8.54. The molecule has 0 saturated carbocycles. The molecule has 1 aromatic carbocycles. The first-order chi connectivity index (χ1) is 10.7. The average Bonchev–Trinajstić information content (AvgIpc) is 2.57. The van der Waals surface area contributed by atoms with E-state index in [-0.39, 0.29) is 0 Å². The van der Waals surface area contributed by atoms with Crippen molar-refractivity contribution in [3.05, 3.63) is 72.8 Å². The Kier molecular flexibility index (Phi) is 5.84. The normalized spacial score (nSPS) is 9.77. The highest BCUT2D eigenvalue weighted by Gasteiger charge is 2.03. The van der Waals surface area contributed by atoms with E-state index in [0.29, 0.717) is 0 Å². The lowest BCUT2D eigenvalue weighted by Gasteiger charge is -2.08. The summed E-state index contributed by atoms with van der Waals surface area (Å²) < 4.78 is 0. The number of rotatable bonds is 2. The highest BCUT2D eigenvalue weighted by atomic mass is 14.6. The molecule has 0 N–H and O–H groups in total. The number of pyridine rings is 2. The van der Waals surface area contributed by atoms with Gasteiger partial charge < -0.3 is 0 Å². The second-order valence-corrected chi connectivity index (χ2v) is 5.27. The molecule has 2 heterocycles. The van der Waals surface area contributed by atoms with Gasteiger partial charge in [-0.25, -0.2) is 0 Å². The number of benzene rings is 1. The highest BCUT2D eigenvalue weighted by molar-refractivity contribution is 5.73. The average molecular weight is 290 g/mol. The fraction of sp³-hybridized carbons (Fsp3) is 0.200. The Labute approximate surface area is 132 Å². The minimum atomic E-state index is 1.19. The van der Waals surface area contributed by atoms with Gasteiger partial charge in [-0.2, -0.15) is 0 Å². The fourth-order valence-electron chi connectivity index (χ4n) is 2.21. The quantitative estimate of drug-likeness (QED) is 0.619. The predicted octanol–water partition coefficient (Wildman–Crippen LogP) is 5.54. The van der Waals surface area contributed by atoms with Crippen LogP contribution in [0.25, 0.3) is 22.3 Å². The number of aromatic nitrogens is 2. The van der Waals surface area contributed by atoms with Crippen molar-refractivity contribution in [3.8, 4) is 22.3 Å². The van der Waals surface area contributed by atoms with E-state index in [1.54, 1.807) is 0 Å². The van der Waals surface area contributed by atoms with Gasteiger partial charge in [0.1, 0.15) is 0 Å². The van der Waals surface area contributed by atoms with E-state index < -0.39 is 0 Å². The minimum absolute atomic E-state index is 1.19. The molecule has 112 valence electrons. The third kappa shape index (κ3) is 4.26. The van der Waals surface area contributed by atoms with Gasteiger partial charge in [0.25, 0.3) is 0 Å². The summed E-state index contributed by atoms with van der Waals surface area (Å²) in [5, 5.41) is 0. The number of hydrogen-bond donors (Lipinski definition) is 0. The zero-order chi connectivity index (χ0) is 15.8. The molecule has 3 aromatic rings. The van der Waals surface area contributed by atoms with Crippen LogP contribution in [0, 0.1) is 6.92 Å². The third-order valence-corrected chi connectivity index (χ3v) is 3.10. The largest absolute Gasteiger partial charge is 0.265 e. The Morgan fingerprint density at radius 1 is 0.636 bits per heavy atom. The van der Waals surface area contributed by atoms with Crippen molar-refractivity contribution in [2.45, 2.75) is 27.2 Å². The number of aryl methyl sites for hydroxylation is 1. The van der Waals surface area contributed by atoms with Gasteiger partial charge in [-0.1, -0.05) is 32.4 Å². The van der Waals surface area contributed by atoms with E-state index in [1.165, 1.54) is 34.2 Å². The van der Waals surface area contributed by atoms with Gasteiger partial charge in [0.2, 0.25) is 0 Å². The molecule has 0 saturated heterocycles. The molecule has 3 rings (SSSR count). The van der Waals surface area contributed by atoms with Crippen molar-refractivity contribution < 1.29 is 0 Å². The van der Waals surface area contributed by atoms with Crippen molar-refractivity contribution in [1.82, 2.24) is 9.97 Å². The van der Waals surface area contributed by atoms with E-state index in [0.717, 1.165) is 0 Å². The van der Waals surface area contributed by atoms with Gasteiger partial charge >= 0.3 is 0 Å². The van der Waals surface area contributed by atoms with Gasteiger partial charge in [0.05, 0.1) is 0 Å². The number of nitrogens with zero attached hydrogens (tertiary/aromatic N) is 2. The maximum absolute atomic E-state index is 4.07. The molecule has 0 amide bonds. The molecule has 0 aliphatic rings. The molecule has 0 radical (unpaired) electrons. The first kappa shape index (κ1) is 15.9. The van der Waals surface area contributed by atoms with Crippen LogP contribution in [0.1, 0.15) is 25.8 Å². The smallest absolute Gasteiger partial charge is 0.0273 e. The molecular formula is C20H22N2. The Bertz CT molecular complexity index is 634. The summed E-state index contributed by atoms with van der Waals surface area (Å²) in [6, 6.07) is 14.7. The summed E-state index contributed by atoms with van der Waals surface area (Å²) in [5.74, 6) is 0. The second-order valence-electron chi connectivity index (χ2n) is 5.27. The third-order valence-electron chi connectivity index (χ3n) is 3.10. The molecule has 0 unspecified atom stereocenters. The molecule has 0 aliphatic heterocycles. The van der Waals surface area contributed by atoms with Crippen molar-refractivity contribution >= 4 is 0 Å². The fourth-order valence-corrected chi connectivity index (χ4v) is 2.21. The summed E-state index contributed by atoms with van der Waals surface area (Å²) in [5.41, 5.74) is 6.06. The summed E-state index contributed by atoms with van der Waals surface area (Å²) in [6.45, 7) is 6.37. The topological polar surface area (TPSA) is 25.8 Å². The van der Waals surface area contributed by atoms with Gasteiger partial charge in [-0.3, -0.25) is 9.97 Å². The predicted molar refractivity (Wildman–Crippen MR) is 93.6 cm³/mol. The lowest BCUT2D eigenvalue weighted by molar-refractivity contribution is 1.09. The van der Waals surface area contributed by atoms with Crippen molar-refractivity contribution in [2.24, 2.45) is 0 Å². The molecule has 0 fully saturated rings. The Hall–Kier alpha value is -2.48. The van der Waals surface area contributed by atoms with Crippen LogP contribution in [0.15, 0.2) is 67.3 Å². The van der Waals surface area contributed by atoms with Crippen LogP contribution >= 0.6 is 0 Å². The van der Waals surface area contributed by atoms with E-state index >= 15 is 0 Å². The van der Waals surface area contributed by atoms with Gasteiger partial charge in [0, 0.05) is 24.8 Å². The second kappa shape index (κ2) is 8.08. The Morgan fingerprint density at radius 3 is 1.36 bits per heavy atom. The monoisotopic (exact) mass is 290 g/mol. The van der Waals surface area contributed by atoms with Gasteiger partial charge in [-0.15, -0.1) is 0 Å². The number of hydrogen-bond acceptors (Lipinski definition) is 2. The Morgan fingerprint density at radius 2 is 1.00 bits per heavy atom. The van der Waals surface area contributed by atoms with Gasteiger partial charge in [-0.05, 0) is 65.1 Å². The molecule has 2 nitrogen and oxygen atoms in total. The van der Waals surface area contributed by atoms with Crippen LogP contribution in [-0.4, -0.2) is 9.97 Å². The SMILES string of the molecule is CCC.Cc1cc(-c2ccncc2)cc(-c2ccncc2)c1. The molecule has 22 heavy (non-hydrogen) atoms. The van der Waals surface area contributed by atoms with Crippen molar-refractivity contribution in [1.29, 1.82) is 0 Å². The van der Waals surface area contributed by atoms with Crippen LogP contribution < -0.4 is 0 Å². The minimum Gasteiger partial charge on any atom is -0.265 e. The molecular weight excluding hydrogens is 268 g/mol. The lowest BCUT2D eigenvalue weighted by Crippen LogP contribution is -1.85. The first-order valence-corrected chi connectivity index (χ1v) is 7.67. The van der Waals surface area contributed by atoms with Crippen LogP contribution in [-0.2, 0) is 0 Å². The van der Waals surface area contributed by atoms with Crippen molar-refractivity contribution in [3.63, 3.8) is 0 Å². The van der Waals surface area contributed by atoms with E-state index in [9.17, 15) is 0 Å². The Balaban J connectivity index is 0.000000545. The van der Waals surface area contributed by atoms with Crippen LogP contribution in [0.4, 0.5) is 0 Å². The summed E-state index contributed by atoms with van der Waals surface area (Å²) >= 11 is 0. The molecule has 0 bridgehead atoms. The standard InChI is InChI=1S/C17H14N2.C3H8/c1-13-10-16(14-2-6-18-7-3-14)12-17(11-13)15-4-8-19-9-5-15;1-3-2/h2-12H,1H3;3H2,1-2H3. The molecule has 0 aliphatic carbocycles. The molecule has 0 spiro atoms. The van der Waals surface area contributed by atoms with Crippen LogP contribution in [0.5, 0.6) is 0 Å². The highest BCUT2D eigenvalue weighted by Crippen LogP contribution is 2.27. The zero-order valence-electron chi connectivity index (χ0n) is 13.5. The van der Waals surface area contributed by atoms with Gasteiger partial charge in [0.15, 0.2) is 0 Å². The van der Waals surface area contributed by atoms with Crippen LogP contribution in [0.2, 0.25) is 0 Å². The van der Waals surface area contributed by atoms with E-state index in [2.05, 4.69) is 48.9 Å². The zero-order valence-corrected chi connectivity index (χ0v) is 13.5. The summed E-state index contributed by atoms with van der Waals surface area (Å²) in [7, 11) is 0. The molecule has 2 aromatic heterocycles. The molecule has 0 atom stereocenters. The lowest BCUT2D eigenvalue weighted by atomic mass is 9.98. The van der Waals surface area contributed by atoms with Crippen molar-refractivity contribution in [2.75, 3.05) is 0 Å². The maximum Gasteiger partial charge on any atom is 0.0273 e. The van der Waals surface area contributed by atoms with E-state index in [1.807, 2.05) is 49.1 Å². The molecule has 2 heteroatoms. The first-order valence-electron chi connectivity index (χ1n) is 7.67. The summed E-state index contributed by atoms with van der Waals surface area (Å²) in [4.78, 5) is 8.13. The van der Waals surface area contributed by atoms with Crippen LogP contribution in [0.3, 0.4) is 0 Å². The van der Waals surface area contributed by atoms with E-state index in [4.69, 9.17) is 0 Å².